The van der Waals surface area contributed by atoms with Crippen molar-refractivity contribution >= 4 is 23.8 Å². The van der Waals surface area contributed by atoms with Gasteiger partial charge in [-0.05, 0) is 0 Å². The van der Waals surface area contributed by atoms with Gasteiger partial charge in [0, 0.05) is 0 Å². The lowest BCUT2D eigenvalue weighted by molar-refractivity contribution is -0.146. The van der Waals surface area contributed by atoms with Crippen LogP contribution >= 0.6 is 0 Å². The normalized spacial score (nSPS) is 16.2. The molecule has 0 bridgehead atoms. The highest BCUT2D eigenvalue weighted by atomic mass is 16.5. The molecule has 0 aromatic heterocycles. The molecule has 1 atom stereocenters. The lowest BCUT2D eigenvalue weighted by Crippen LogP contribution is -2.48. The Morgan fingerprint density at radius 3 is 2.67 bits per heavy atom. The number of methoxy groups -OCH3 is 1. The van der Waals surface area contributed by atoms with Gasteiger partial charge < -0.3 is 20.5 Å². The molecule has 1 aliphatic heterocycles. The second kappa shape index (κ2) is 5.96. The van der Waals surface area contributed by atoms with Crippen molar-refractivity contribution in [3.63, 3.8) is 0 Å². The third kappa shape index (κ3) is 3.17. The van der Waals surface area contributed by atoms with E-state index in [0.717, 1.165) is 7.11 Å². The summed E-state index contributed by atoms with van der Waals surface area (Å²) in [6.07, 6.45) is 0. The van der Waals surface area contributed by atoms with E-state index in [1.54, 1.807) is 0 Å². The third-order valence-corrected chi connectivity index (χ3v) is 2.24. The van der Waals surface area contributed by atoms with Crippen molar-refractivity contribution in [1.29, 1.82) is 0 Å². The van der Waals surface area contributed by atoms with Crippen LogP contribution in [-0.2, 0) is 19.1 Å². The Bertz CT molecular complexity index is 366. The van der Waals surface area contributed by atoms with Crippen LogP contribution in [0.1, 0.15) is 0 Å². The van der Waals surface area contributed by atoms with Gasteiger partial charge in [-0.25, -0.2) is 9.59 Å². The Morgan fingerprint density at radius 1 is 1.56 bits per heavy atom. The van der Waals surface area contributed by atoms with E-state index in [0.29, 0.717) is 4.90 Å². The van der Waals surface area contributed by atoms with E-state index in [2.05, 4.69) is 15.4 Å². The Morgan fingerprint density at radius 2 is 2.22 bits per heavy atom. The molecule has 1 unspecified atom stereocenters. The first-order chi connectivity index (χ1) is 8.49. The molecule has 1 heterocycles. The molecule has 9 heteroatoms. The van der Waals surface area contributed by atoms with E-state index in [9.17, 15) is 19.2 Å². The van der Waals surface area contributed by atoms with Crippen LogP contribution in [0.5, 0.6) is 0 Å². The molecule has 0 saturated carbocycles. The van der Waals surface area contributed by atoms with Gasteiger partial charge in [0.1, 0.15) is 6.54 Å². The molecule has 1 fully saturated rings. The summed E-state index contributed by atoms with van der Waals surface area (Å²) in [5.41, 5.74) is 0. The van der Waals surface area contributed by atoms with Gasteiger partial charge in [-0.15, -0.1) is 0 Å². The van der Waals surface area contributed by atoms with Crippen LogP contribution in [-0.4, -0.2) is 66.7 Å². The topological polar surface area (TPSA) is 125 Å². The number of aliphatic hydroxyl groups excluding tert-OH is 1. The number of urea groups is 1. The molecule has 0 aromatic rings. The first-order valence-electron chi connectivity index (χ1n) is 5.05. The van der Waals surface area contributed by atoms with Crippen LogP contribution in [0.2, 0.25) is 0 Å². The van der Waals surface area contributed by atoms with Gasteiger partial charge in [0.2, 0.25) is 5.91 Å². The summed E-state index contributed by atoms with van der Waals surface area (Å²) < 4.78 is 4.34. The molecule has 4 amide bonds. The summed E-state index contributed by atoms with van der Waals surface area (Å²) in [6.45, 7) is -1.32. The van der Waals surface area contributed by atoms with Crippen molar-refractivity contribution in [2.45, 2.75) is 6.04 Å². The highest BCUT2D eigenvalue weighted by molar-refractivity contribution is 6.04. The molecule has 9 nitrogen and oxygen atoms in total. The fourth-order valence-corrected chi connectivity index (χ4v) is 1.32. The number of hydrogen-bond donors (Lipinski definition) is 3. The average molecular weight is 259 g/mol. The zero-order valence-electron chi connectivity index (χ0n) is 9.63. The summed E-state index contributed by atoms with van der Waals surface area (Å²) in [5.74, 6) is -2.10. The average Bonchev–Trinajstić information content (AvgIpc) is 2.66. The summed E-state index contributed by atoms with van der Waals surface area (Å²) in [4.78, 5) is 45.6. The Hall–Kier alpha value is -2.16. The van der Waals surface area contributed by atoms with Gasteiger partial charge in [-0.2, -0.15) is 0 Å². The van der Waals surface area contributed by atoms with Gasteiger partial charge in [0.05, 0.1) is 20.3 Å². The van der Waals surface area contributed by atoms with Crippen molar-refractivity contribution in [2.75, 3.05) is 26.8 Å². The standard InChI is InChI=1S/C9H13N3O6/c1-18-8(16)5(4-13)11-6(14)3-12-7(15)2-10-9(12)17/h5,13H,2-4H2,1H3,(H,10,17)(H,11,14). The smallest absolute Gasteiger partial charge is 0.330 e. The number of nitrogens with zero attached hydrogens (tertiary/aromatic N) is 1. The second-order valence-electron chi connectivity index (χ2n) is 3.46. The highest BCUT2D eigenvalue weighted by Gasteiger charge is 2.31. The summed E-state index contributed by atoms with van der Waals surface area (Å²) in [6, 6.07) is -1.89. The second-order valence-corrected chi connectivity index (χ2v) is 3.46. The number of hydrogen-bond acceptors (Lipinski definition) is 6. The maximum absolute atomic E-state index is 11.5. The van der Waals surface area contributed by atoms with E-state index in [4.69, 9.17) is 5.11 Å². The predicted molar refractivity (Wildman–Crippen MR) is 56.1 cm³/mol. The van der Waals surface area contributed by atoms with E-state index < -0.39 is 43.0 Å². The SMILES string of the molecule is COC(=O)C(CO)NC(=O)CN1C(=O)CNC1=O. The van der Waals surface area contributed by atoms with Crippen LogP contribution in [0.25, 0.3) is 0 Å². The minimum absolute atomic E-state index is 0.160. The fraction of sp³-hybridized carbons (Fsp3) is 0.556. The number of esters is 1. The number of carbonyl (C=O) groups excluding carboxylic acids is 4. The Balaban J connectivity index is 2.53. The Kier molecular flexibility index (Phi) is 4.60. The van der Waals surface area contributed by atoms with Crippen LogP contribution in [0.15, 0.2) is 0 Å². The van der Waals surface area contributed by atoms with Crippen molar-refractivity contribution in [2.24, 2.45) is 0 Å². The zero-order chi connectivity index (χ0) is 13.7. The quantitative estimate of drug-likeness (QED) is 0.361. The molecular weight excluding hydrogens is 246 g/mol. The minimum atomic E-state index is -1.22. The number of carbonyl (C=O) groups is 4. The lowest BCUT2D eigenvalue weighted by atomic mass is 10.3. The molecule has 1 saturated heterocycles. The molecular formula is C9H13N3O6. The maximum atomic E-state index is 11.5. The molecule has 1 aliphatic rings. The van der Waals surface area contributed by atoms with E-state index in [1.807, 2.05) is 0 Å². The first kappa shape index (κ1) is 13.9. The number of amides is 4. The van der Waals surface area contributed by atoms with Gasteiger partial charge in [0.25, 0.3) is 5.91 Å². The van der Waals surface area contributed by atoms with Crippen molar-refractivity contribution in [1.82, 2.24) is 15.5 Å². The zero-order valence-corrected chi connectivity index (χ0v) is 9.63. The van der Waals surface area contributed by atoms with Crippen molar-refractivity contribution in [3.8, 4) is 0 Å². The van der Waals surface area contributed by atoms with Gasteiger partial charge >= 0.3 is 12.0 Å². The number of rotatable bonds is 5. The van der Waals surface area contributed by atoms with Gasteiger partial charge in [0.15, 0.2) is 6.04 Å². The Labute approximate surface area is 102 Å². The summed E-state index contributed by atoms with van der Waals surface area (Å²) in [5, 5.41) is 13.3. The molecule has 0 spiro atoms. The molecule has 18 heavy (non-hydrogen) atoms. The monoisotopic (exact) mass is 259 g/mol. The summed E-state index contributed by atoms with van der Waals surface area (Å²) >= 11 is 0. The number of aliphatic hydroxyl groups is 1. The molecule has 0 aliphatic carbocycles. The molecule has 1 rings (SSSR count). The maximum Gasteiger partial charge on any atom is 0.330 e. The van der Waals surface area contributed by atoms with Crippen LogP contribution in [0.4, 0.5) is 4.79 Å². The number of ether oxygens (including phenoxy) is 1. The molecule has 100 valence electrons. The largest absolute Gasteiger partial charge is 0.467 e. The third-order valence-electron chi connectivity index (χ3n) is 2.24. The fourth-order valence-electron chi connectivity index (χ4n) is 1.32. The van der Waals surface area contributed by atoms with E-state index in [-0.39, 0.29) is 6.54 Å². The summed E-state index contributed by atoms with van der Waals surface area (Å²) in [7, 11) is 1.11. The van der Waals surface area contributed by atoms with Crippen molar-refractivity contribution < 1.29 is 29.0 Å². The van der Waals surface area contributed by atoms with Crippen LogP contribution < -0.4 is 10.6 Å². The highest BCUT2D eigenvalue weighted by Crippen LogP contribution is 1.98. The first-order valence-corrected chi connectivity index (χ1v) is 5.05. The van der Waals surface area contributed by atoms with Crippen LogP contribution in [0.3, 0.4) is 0 Å². The molecule has 3 N–H and O–H groups in total. The van der Waals surface area contributed by atoms with E-state index >= 15 is 0 Å². The number of nitrogens with one attached hydrogen (secondary N) is 2. The molecule has 0 radical (unpaired) electrons. The number of imide groups is 1. The van der Waals surface area contributed by atoms with Gasteiger partial charge in [-0.1, -0.05) is 0 Å². The van der Waals surface area contributed by atoms with Gasteiger partial charge in [-0.3, -0.25) is 14.5 Å². The lowest BCUT2D eigenvalue weighted by Gasteiger charge is -2.16. The minimum Gasteiger partial charge on any atom is -0.467 e. The van der Waals surface area contributed by atoms with Crippen molar-refractivity contribution in [3.05, 3.63) is 0 Å². The van der Waals surface area contributed by atoms with E-state index in [1.165, 1.54) is 0 Å². The molecule has 0 aromatic carbocycles. The van der Waals surface area contributed by atoms with Crippen LogP contribution in [0, 0.1) is 0 Å². The predicted octanol–water partition coefficient (Wildman–Crippen LogP) is -2.81.